The minimum Gasteiger partial charge on any atom is -0.496 e. The molecule has 0 spiro atoms. The van der Waals surface area contributed by atoms with Gasteiger partial charge in [-0.1, -0.05) is 30.3 Å². The van der Waals surface area contributed by atoms with Crippen LogP contribution in [0.1, 0.15) is 21.6 Å². The molecule has 1 aliphatic heterocycles. The van der Waals surface area contributed by atoms with Crippen LogP contribution in [0.4, 0.5) is 4.79 Å². The van der Waals surface area contributed by atoms with E-state index in [-0.39, 0.29) is 25.6 Å². The van der Waals surface area contributed by atoms with Gasteiger partial charge in [0.1, 0.15) is 17.4 Å². The molecule has 0 bridgehead atoms. The zero-order valence-corrected chi connectivity index (χ0v) is 17.5. The fraction of sp³-hybridized carbons (Fsp3) is 0.182. The smallest absolute Gasteiger partial charge is 0.338 e. The number of amides is 3. The van der Waals surface area contributed by atoms with Crippen LogP contribution in [0.25, 0.3) is 10.6 Å². The lowest BCUT2D eigenvalue weighted by molar-refractivity contribution is -0.125. The lowest BCUT2D eigenvalue weighted by Gasteiger charge is -2.15. The summed E-state index contributed by atoms with van der Waals surface area (Å²) >= 11 is 1.43. The summed E-state index contributed by atoms with van der Waals surface area (Å²) in [5.41, 5.74) is 2.32. The molecule has 2 heterocycles. The molecule has 1 fully saturated rings. The van der Waals surface area contributed by atoms with Crippen molar-refractivity contribution in [3.63, 3.8) is 0 Å². The van der Waals surface area contributed by atoms with Gasteiger partial charge in [-0.25, -0.2) is 14.6 Å². The van der Waals surface area contributed by atoms with Gasteiger partial charge in [0.15, 0.2) is 0 Å². The Bertz CT molecular complexity index is 1130. The summed E-state index contributed by atoms with van der Waals surface area (Å²) in [6, 6.07) is 13.8. The second-order valence-electron chi connectivity index (χ2n) is 6.72. The van der Waals surface area contributed by atoms with E-state index in [1.165, 1.54) is 11.3 Å². The second kappa shape index (κ2) is 8.97. The fourth-order valence-corrected chi connectivity index (χ4v) is 4.01. The normalized spacial score (nSPS) is 13.3. The molecule has 158 valence electrons. The van der Waals surface area contributed by atoms with Crippen LogP contribution in [-0.4, -0.2) is 41.4 Å². The molecule has 0 aliphatic carbocycles. The molecular formula is C22H19N3O5S. The third kappa shape index (κ3) is 4.41. The van der Waals surface area contributed by atoms with Crippen LogP contribution < -0.4 is 10.1 Å². The van der Waals surface area contributed by atoms with Crippen molar-refractivity contribution in [2.24, 2.45) is 0 Å². The highest BCUT2D eigenvalue weighted by molar-refractivity contribution is 7.13. The summed E-state index contributed by atoms with van der Waals surface area (Å²) in [7, 11) is 1.60. The molecule has 4 rings (SSSR count). The average Bonchev–Trinajstić information content (AvgIpc) is 3.40. The number of nitrogens with zero attached hydrogens (tertiary/aromatic N) is 2. The Labute approximate surface area is 182 Å². The van der Waals surface area contributed by atoms with Crippen molar-refractivity contribution in [2.75, 3.05) is 13.7 Å². The highest BCUT2D eigenvalue weighted by Crippen LogP contribution is 2.32. The zero-order chi connectivity index (χ0) is 21.8. The molecule has 0 saturated carbocycles. The van der Waals surface area contributed by atoms with E-state index in [0.717, 1.165) is 21.2 Å². The van der Waals surface area contributed by atoms with Gasteiger partial charge >= 0.3 is 12.0 Å². The van der Waals surface area contributed by atoms with Gasteiger partial charge in [0.05, 0.1) is 37.0 Å². The van der Waals surface area contributed by atoms with E-state index in [2.05, 4.69) is 10.3 Å². The Balaban J connectivity index is 1.45. The number of esters is 1. The molecule has 0 radical (unpaired) electrons. The standard InChI is InChI=1S/C22H19N3O5S/c1-29-18-9-5-4-8-17(18)20-24-15(13-31-20)12-30-21(27)16-7-3-2-6-14(16)11-25-19(26)10-23-22(25)28/h2-9,13H,10-12H2,1H3,(H,23,28). The highest BCUT2D eigenvalue weighted by Gasteiger charge is 2.29. The first kappa shape index (κ1) is 20.5. The van der Waals surface area contributed by atoms with E-state index in [4.69, 9.17) is 9.47 Å². The van der Waals surface area contributed by atoms with Crippen LogP contribution in [-0.2, 0) is 22.7 Å². The third-order valence-corrected chi connectivity index (χ3v) is 5.67. The topological polar surface area (TPSA) is 97.8 Å². The van der Waals surface area contributed by atoms with Crippen molar-refractivity contribution in [2.45, 2.75) is 13.2 Å². The maximum atomic E-state index is 12.7. The maximum absolute atomic E-state index is 12.7. The van der Waals surface area contributed by atoms with Gasteiger partial charge < -0.3 is 14.8 Å². The summed E-state index contributed by atoms with van der Waals surface area (Å²) in [5, 5.41) is 5.06. The van der Waals surface area contributed by atoms with Gasteiger partial charge in [-0.3, -0.25) is 9.69 Å². The molecule has 1 saturated heterocycles. The molecule has 3 amide bonds. The number of carbonyl (C=O) groups excluding carboxylic acids is 3. The Hall–Kier alpha value is -3.72. The van der Waals surface area contributed by atoms with Gasteiger partial charge in [-0.15, -0.1) is 11.3 Å². The molecule has 3 aromatic rings. The fourth-order valence-electron chi connectivity index (χ4n) is 3.18. The number of benzene rings is 2. The van der Waals surface area contributed by atoms with E-state index in [9.17, 15) is 14.4 Å². The number of thiazole rings is 1. The van der Waals surface area contributed by atoms with Crippen molar-refractivity contribution in [1.82, 2.24) is 15.2 Å². The van der Waals surface area contributed by atoms with E-state index in [0.29, 0.717) is 16.8 Å². The monoisotopic (exact) mass is 437 g/mol. The minimum absolute atomic E-state index is 0.00193. The van der Waals surface area contributed by atoms with E-state index in [1.807, 2.05) is 29.6 Å². The van der Waals surface area contributed by atoms with E-state index >= 15 is 0 Å². The van der Waals surface area contributed by atoms with Gasteiger partial charge in [-0.05, 0) is 23.8 Å². The number of rotatable bonds is 7. The van der Waals surface area contributed by atoms with Gasteiger partial charge in [-0.2, -0.15) is 0 Å². The van der Waals surface area contributed by atoms with Crippen molar-refractivity contribution in [3.8, 4) is 16.3 Å². The number of nitrogens with one attached hydrogen (secondary N) is 1. The Morgan fingerprint density at radius 3 is 2.71 bits per heavy atom. The van der Waals surface area contributed by atoms with Gasteiger partial charge in [0.25, 0.3) is 0 Å². The predicted molar refractivity (Wildman–Crippen MR) is 114 cm³/mol. The lowest BCUT2D eigenvalue weighted by atomic mass is 10.1. The first-order chi connectivity index (χ1) is 15.1. The van der Waals surface area contributed by atoms with Crippen LogP contribution in [0.2, 0.25) is 0 Å². The number of methoxy groups -OCH3 is 1. The Morgan fingerprint density at radius 2 is 1.94 bits per heavy atom. The van der Waals surface area contributed by atoms with E-state index < -0.39 is 12.0 Å². The molecule has 1 aromatic heterocycles. The molecule has 0 atom stereocenters. The molecule has 31 heavy (non-hydrogen) atoms. The summed E-state index contributed by atoms with van der Waals surface area (Å²) in [4.78, 5) is 42.0. The van der Waals surface area contributed by atoms with Crippen LogP contribution in [0.5, 0.6) is 5.75 Å². The molecule has 8 nitrogen and oxygen atoms in total. The third-order valence-electron chi connectivity index (χ3n) is 4.74. The Kier molecular flexibility index (Phi) is 5.94. The van der Waals surface area contributed by atoms with Crippen LogP contribution in [0, 0.1) is 0 Å². The zero-order valence-electron chi connectivity index (χ0n) is 16.7. The second-order valence-corrected chi connectivity index (χ2v) is 7.57. The number of hydrogen-bond acceptors (Lipinski definition) is 7. The summed E-state index contributed by atoms with van der Waals surface area (Å²) in [6.45, 7) is -0.0314. The van der Waals surface area contributed by atoms with Crippen molar-refractivity contribution in [1.29, 1.82) is 0 Å². The molecular weight excluding hydrogens is 418 g/mol. The summed E-state index contributed by atoms with van der Waals surface area (Å²) < 4.78 is 10.8. The van der Waals surface area contributed by atoms with Crippen molar-refractivity contribution in [3.05, 3.63) is 70.7 Å². The number of aromatic nitrogens is 1. The SMILES string of the molecule is COc1ccccc1-c1nc(COC(=O)c2ccccc2CN2C(=O)CNC2=O)cs1. The molecule has 9 heteroatoms. The maximum Gasteiger partial charge on any atom is 0.338 e. The number of ether oxygens (including phenoxy) is 2. The molecule has 0 unspecified atom stereocenters. The quantitative estimate of drug-likeness (QED) is 0.450. The molecule has 1 N–H and O–H groups in total. The van der Waals surface area contributed by atoms with Crippen LogP contribution in [0.3, 0.4) is 0 Å². The van der Waals surface area contributed by atoms with Gasteiger partial charge in [0, 0.05) is 5.38 Å². The number of carbonyl (C=O) groups is 3. The lowest BCUT2D eigenvalue weighted by Crippen LogP contribution is -2.31. The minimum atomic E-state index is -0.547. The first-order valence-corrected chi connectivity index (χ1v) is 10.4. The highest BCUT2D eigenvalue weighted by atomic mass is 32.1. The first-order valence-electron chi connectivity index (χ1n) is 9.48. The number of urea groups is 1. The number of imide groups is 1. The average molecular weight is 437 g/mol. The van der Waals surface area contributed by atoms with Crippen molar-refractivity contribution >= 4 is 29.2 Å². The number of hydrogen-bond donors (Lipinski definition) is 1. The van der Waals surface area contributed by atoms with Crippen LogP contribution in [0.15, 0.2) is 53.9 Å². The van der Waals surface area contributed by atoms with Crippen LogP contribution >= 0.6 is 11.3 Å². The Morgan fingerprint density at radius 1 is 1.16 bits per heavy atom. The number of para-hydroxylation sites is 1. The van der Waals surface area contributed by atoms with Crippen molar-refractivity contribution < 1.29 is 23.9 Å². The predicted octanol–water partition coefficient (Wildman–Crippen LogP) is 3.23. The van der Waals surface area contributed by atoms with E-state index in [1.54, 1.807) is 31.4 Å². The summed E-state index contributed by atoms with van der Waals surface area (Å²) in [5.74, 6) is -0.163. The summed E-state index contributed by atoms with van der Waals surface area (Å²) in [6.07, 6.45) is 0. The largest absolute Gasteiger partial charge is 0.496 e. The molecule has 1 aliphatic rings. The molecule has 2 aromatic carbocycles. The van der Waals surface area contributed by atoms with Gasteiger partial charge in [0.2, 0.25) is 5.91 Å².